The van der Waals surface area contributed by atoms with Gasteiger partial charge in [0.2, 0.25) is 5.95 Å². The Bertz CT molecular complexity index is 577. The molecule has 5 heteroatoms. The summed E-state index contributed by atoms with van der Waals surface area (Å²) in [6.07, 6.45) is 1.14. The molecule has 0 bridgehead atoms. The van der Waals surface area contributed by atoms with Crippen molar-refractivity contribution in [2.75, 3.05) is 25.0 Å². The van der Waals surface area contributed by atoms with E-state index in [1.807, 2.05) is 18.2 Å². The predicted molar refractivity (Wildman–Crippen MR) is 74.0 cm³/mol. The molecule has 2 aromatic rings. The van der Waals surface area contributed by atoms with Crippen LogP contribution in [0, 0.1) is 5.92 Å². The molecule has 2 aliphatic rings. The maximum Gasteiger partial charge on any atom is 0.221 e. The van der Waals surface area contributed by atoms with Gasteiger partial charge in [-0.25, -0.2) is 4.68 Å². The van der Waals surface area contributed by atoms with Gasteiger partial charge in [-0.2, -0.15) is 4.98 Å². The zero-order chi connectivity index (χ0) is 12.7. The number of nitrogens with one attached hydrogen (secondary N) is 2. The van der Waals surface area contributed by atoms with Gasteiger partial charge < -0.3 is 10.6 Å². The number of hydrogen-bond acceptors (Lipinski definition) is 4. The van der Waals surface area contributed by atoms with Crippen LogP contribution in [0.5, 0.6) is 0 Å². The maximum absolute atomic E-state index is 4.72. The molecular formula is C14H17N5. The summed E-state index contributed by atoms with van der Waals surface area (Å²) < 4.78 is 2.09. The predicted octanol–water partition coefficient (Wildman–Crippen LogP) is 1.52. The number of piperidine rings is 1. The number of hydrogen-bond donors (Lipinski definition) is 2. The minimum Gasteiger partial charge on any atom is -0.354 e. The van der Waals surface area contributed by atoms with Crippen LogP contribution in [0.15, 0.2) is 30.3 Å². The smallest absolute Gasteiger partial charge is 0.221 e. The van der Waals surface area contributed by atoms with E-state index in [1.165, 1.54) is 0 Å². The van der Waals surface area contributed by atoms with Crippen molar-refractivity contribution < 1.29 is 0 Å². The van der Waals surface area contributed by atoms with Crippen LogP contribution < -0.4 is 10.6 Å². The molecule has 0 spiro atoms. The minimum absolute atomic E-state index is 0.488. The topological polar surface area (TPSA) is 54.8 Å². The second-order valence-electron chi connectivity index (χ2n) is 5.27. The van der Waals surface area contributed by atoms with Gasteiger partial charge in [0.1, 0.15) is 0 Å². The summed E-state index contributed by atoms with van der Waals surface area (Å²) in [5.41, 5.74) is 1.08. The van der Waals surface area contributed by atoms with E-state index in [-0.39, 0.29) is 0 Å². The van der Waals surface area contributed by atoms with Crippen molar-refractivity contribution in [2.24, 2.45) is 5.92 Å². The molecule has 98 valence electrons. The number of nitrogens with zero attached hydrogens (tertiary/aromatic N) is 3. The van der Waals surface area contributed by atoms with Crippen LogP contribution in [0.1, 0.15) is 12.5 Å². The van der Waals surface area contributed by atoms with Gasteiger partial charge in [-0.3, -0.25) is 0 Å². The fourth-order valence-corrected chi connectivity index (χ4v) is 3.05. The first-order valence-corrected chi connectivity index (χ1v) is 6.88. The van der Waals surface area contributed by atoms with E-state index >= 15 is 0 Å². The first-order valence-electron chi connectivity index (χ1n) is 6.88. The Labute approximate surface area is 112 Å². The Balaban J connectivity index is 1.73. The largest absolute Gasteiger partial charge is 0.354 e. The third-order valence-corrected chi connectivity index (χ3v) is 4.07. The van der Waals surface area contributed by atoms with E-state index in [4.69, 9.17) is 5.10 Å². The molecule has 19 heavy (non-hydrogen) atoms. The average molecular weight is 255 g/mol. The molecule has 0 saturated carbocycles. The van der Waals surface area contributed by atoms with E-state index in [2.05, 4.69) is 32.4 Å². The number of aromatic nitrogens is 3. The van der Waals surface area contributed by atoms with Crippen molar-refractivity contribution in [3.63, 3.8) is 0 Å². The van der Waals surface area contributed by atoms with Gasteiger partial charge in [0.15, 0.2) is 5.82 Å². The highest BCUT2D eigenvalue weighted by Crippen LogP contribution is 2.32. The summed E-state index contributed by atoms with van der Waals surface area (Å²) in [6.45, 7) is 3.13. The Hall–Kier alpha value is -1.88. The van der Waals surface area contributed by atoms with E-state index in [1.54, 1.807) is 0 Å². The Morgan fingerprint density at radius 1 is 1.16 bits per heavy atom. The third-order valence-electron chi connectivity index (χ3n) is 4.07. The molecule has 1 fully saturated rings. The monoisotopic (exact) mass is 255 g/mol. The normalized spacial score (nSPS) is 25.3. The molecule has 0 aliphatic carbocycles. The average Bonchev–Trinajstić information content (AvgIpc) is 2.93. The van der Waals surface area contributed by atoms with Gasteiger partial charge >= 0.3 is 0 Å². The van der Waals surface area contributed by atoms with Crippen LogP contribution in [0.25, 0.3) is 11.4 Å². The first kappa shape index (κ1) is 11.0. The molecule has 2 aliphatic heterocycles. The van der Waals surface area contributed by atoms with Crippen LogP contribution >= 0.6 is 0 Å². The summed E-state index contributed by atoms with van der Waals surface area (Å²) in [4.78, 5) is 4.63. The summed E-state index contributed by atoms with van der Waals surface area (Å²) in [6, 6.07) is 10.7. The van der Waals surface area contributed by atoms with Crippen LogP contribution in [0.3, 0.4) is 0 Å². The lowest BCUT2D eigenvalue weighted by molar-refractivity contribution is 0.237. The summed E-state index contributed by atoms with van der Waals surface area (Å²) in [7, 11) is 0. The molecule has 1 aromatic heterocycles. The highest BCUT2D eigenvalue weighted by Gasteiger charge is 2.33. The van der Waals surface area contributed by atoms with Gasteiger partial charge in [0.05, 0.1) is 6.04 Å². The highest BCUT2D eigenvalue weighted by molar-refractivity contribution is 5.56. The highest BCUT2D eigenvalue weighted by atomic mass is 15.4. The van der Waals surface area contributed by atoms with Crippen molar-refractivity contribution in [3.8, 4) is 11.4 Å². The van der Waals surface area contributed by atoms with Crippen LogP contribution in [-0.2, 0) is 0 Å². The Morgan fingerprint density at radius 3 is 2.95 bits per heavy atom. The molecule has 3 heterocycles. The Morgan fingerprint density at radius 2 is 2.05 bits per heavy atom. The zero-order valence-electron chi connectivity index (χ0n) is 10.7. The van der Waals surface area contributed by atoms with E-state index in [0.29, 0.717) is 12.0 Å². The van der Waals surface area contributed by atoms with Crippen molar-refractivity contribution >= 4 is 5.95 Å². The molecule has 2 N–H and O–H groups in total. The van der Waals surface area contributed by atoms with Crippen molar-refractivity contribution in [1.29, 1.82) is 0 Å². The molecule has 2 unspecified atom stereocenters. The standard InChI is InChI=1S/C14H17N5/c1-2-4-10(5-3-1)13-17-14-16-9-11-8-15-7-6-12(11)19(14)18-13/h1-5,11-12,15H,6-9H2,(H,16,17,18). The zero-order valence-corrected chi connectivity index (χ0v) is 10.7. The maximum atomic E-state index is 4.72. The number of fused-ring (bicyclic) bond motifs is 3. The van der Waals surface area contributed by atoms with Gasteiger partial charge in [0, 0.05) is 24.6 Å². The molecule has 2 atom stereocenters. The molecule has 1 saturated heterocycles. The number of rotatable bonds is 1. The number of anilines is 1. The summed E-state index contributed by atoms with van der Waals surface area (Å²) in [5, 5.41) is 11.6. The first-order chi connectivity index (χ1) is 9.42. The second-order valence-corrected chi connectivity index (χ2v) is 5.27. The van der Waals surface area contributed by atoms with Gasteiger partial charge in [-0.1, -0.05) is 30.3 Å². The van der Waals surface area contributed by atoms with E-state index in [0.717, 1.165) is 43.4 Å². The fourth-order valence-electron chi connectivity index (χ4n) is 3.05. The van der Waals surface area contributed by atoms with E-state index < -0.39 is 0 Å². The lowest BCUT2D eigenvalue weighted by atomic mass is 9.92. The van der Waals surface area contributed by atoms with E-state index in [9.17, 15) is 0 Å². The summed E-state index contributed by atoms with van der Waals surface area (Å²) in [5.74, 6) is 2.36. The SMILES string of the molecule is c1ccc(-c2nc3n(n2)C2CCNCC2CN3)cc1. The third kappa shape index (κ3) is 1.81. The van der Waals surface area contributed by atoms with Gasteiger partial charge in [0.25, 0.3) is 0 Å². The van der Waals surface area contributed by atoms with Crippen LogP contribution in [0.4, 0.5) is 5.95 Å². The van der Waals surface area contributed by atoms with Crippen molar-refractivity contribution in [3.05, 3.63) is 30.3 Å². The van der Waals surface area contributed by atoms with Crippen LogP contribution in [-0.4, -0.2) is 34.4 Å². The Kier molecular flexibility index (Phi) is 2.51. The number of benzene rings is 1. The lowest BCUT2D eigenvalue weighted by Crippen LogP contribution is -2.44. The quantitative estimate of drug-likeness (QED) is 0.811. The van der Waals surface area contributed by atoms with Crippen LogP contribution in [0.2, 0.25) is 0 Å². The van der Waals surface area contributed by atoms with Crippen molar-refractivity contribution in [2.45, 2.75) is 12.5 Å². The molecule has 0 radical (unpaired) electrons. The minimum atomic E-state index is 0.488. The molecule has 1 aromatic carbocycles. The van der Waals surface area contributed by atoms with Gasteiger partial charge in [-0.15, -0.1) is 5.10 Å². The molecular weight excluding hydrogens is 238 g/mol. The fraction of sp³-hybridized carbons (Fsp3) is 0.429. The van der Waals surface area contributed by atoms with Crippen molar-refractivity contribution in [1.82, 2.24) is 20.1 Å². The second kappa shape index (κ2) is 4.35. The van der Waals surface area contributed by atoms with Gasteiger partial charge in [-0.05, 0) is 13.0 Å². The molecule has 0 amide bonds. The molecule has 4 rings (SSSR count). The summed E-state index contributed by atoms with van der Waals surface area (Å²) >= 11 is 0. The lowest BCUT2D eigenvalue weighted by Gasteiger charge is -2.36. The molecule has 5 nitrogen and oxygen atoms in total.